The van der Waals surface area contributed by atoms with E-state index in [1.54, 1.807) is 0 Å². The van der Waals surface area contributed by atoms with Crippen molar-refractivity contribution >= 4 is 0 Å². The van der Waals surface area contributed by atoms with Gasteiger partial charge in [-0.05, 0) is 6.92 Å². The maximum absolute atomic E-state index is 8.64. The van der Waals surface area contributed by atoms with E-state index < -0.39 is 5.72 Å². The van der Waals surface area contributed by atoms with Gasteiger partial charge < -0.3 is 15.9 Å². The van der Waals surface area contributed by atoms with Crippen LogP contribution in [-0.2, 0) is 0 Å². The molecule has 0 saturated carbocycles. The Hall–Kier alpha value is -0.120. The summed E-state index contributed by atoms with van der Waals surface area (Å²) in [4.78, 5) is 0. The lowest BCUT2D eigenvalue weighted by atomic mass is 10.2. The predicted molar refractivity (Wildman–Crippen MR) is 26.5 cm³/mol. The van der Waals surface area contributed by atoms with Crippen molar-refractivity contribution in [3.05, 3.63) is 0 Å². The van der Waals surface area contributed by atoms with Crippen LogP contribution in [0, 0.1) is 0 Å². The first kappa shape index (κ1) is 6.88. The normalized spacial score (nSPS) is 18.9. The monoisotopic (exact) mass is 105 g/mol. The Labute approximate surface area is 42.8 Å². The summed E-state index contributed by atoms with van der Waals surface area (Å²) in [6.07, 6.45) is 0.229. The highest BCUT2D eigenvalue weighted by molar-refractivity contribution is 4.59. The summed E-state index contributed by atoms with van der Waals surface area (Å²) < 4.78 is 0. The van der Waals surface area contributed by atoms with Crippen LogP contribution in [-0.4, -0.2) is 22.5 Å². The zero-order valence-corrected chi connectivity index (χ0v) is 4.39. The fraction of sp³-hybridized carbons (Fsp3) is 1.00. The van der Waals surface area contributed by atoms with Crippen molar-refractivity contribution in [1.82, 2.24) is 0 Å². The van der Waals surface area contributed by atoms with Crippen LogP contribution in [0.15, 0.2) is 0 Å². The molecule has 0 aliphatic carbocycles. The number of hydrogen-bond acceptors (Lipinski definition) is 3. The van der Waals surface area contributed by atoms with Crippen molar-refractivity contribution in [2.75, 3.05) is 6.61 Å². The molecule has 3 nitrogen and oxygen atoms in total. The van der Waals surface area contributed by atoms with Crippen LogP contribution in [0.1, 0.15) is 13.3 Å². The van der Waals surface area contributed by atoms with Crippen LogP contribution in [0.25, 0.3) is 0 Å². The standard InChI is InChI=1S/C4H11NO2/c1-4(5,7)2-3-6/h6-7H,2-3,5H2,1H3. The quantitative estimate of drug-likeness (QED) is 0.396. The van der Waals surface area contributed by atoms with Gasteiger partial charge >= 0.3 is 0 Å². The molecule has 1 atom stereocenters. The van der Waals surface area contributed by atoms with Gasteiger partial charge in [-0.25, -0.2) is 0 Å². The van der Waals surface area contributed by atoms with Gasteiger partial charge in [0.25, 0.3) is 0 Å². The zero-order valence-electron chi connectivity index (χ0n) is 4.39. The Morgan fingerprint density at radius 2 is 2.14 bits per heavy atom. The summed E-state index contributed by atoms with van der Waals surface area (Å²) in [5, 5.41) is 16.8. The second kappa shape index (κ2) is 2.26. The van der Waals surface area contributed by atoms with Crippen molar-refractivity contribution in [1.29, 1.82) is 0 Å². The molecule has 0 aromatic rings. The van der Waals surface area contributed by atoms with Gasteiger partial charge in [0.05, 0.1) is 0 Å². The smallest absolute Gasteiger partial charge is 0.112 e. The number of rotatable bonds is 2. The largest absolute Gasteiger partial charge is 0.396 e. The molecule has 1 unspecified atom stereocenters. The fourth-order valence-electron chi connectivity index (χ4n) is 0.226. The van der Waals surface area contributed by atoms with Crippen LogP contribution in [0.4, 0.5) is 0 Å². The molecule has 0 aromatic heterocycles. The molecule has 0 aliphatic heterocycles. The maximum atomic E-state index is 8.64. The molecule has 44 valence electrons. The minimum atomic E-state index is -1.20. The molecule has 7 heavy (non-hydrogen) atoms. The third-order valence-corrected chi connectivity index (χ3v) is 0.618. The van der Waals surface area contributed by atoms with E-state index in [2.05, 4.69) is 0 Å². The highest BCUT2D eigenvalue weighted by Gasteiger charge is 2.09. The van der Waals surface area contributed by atoms with Crippen molar-refractivity contribution in [3.63, 3.8) is 0 Å². The van der Waals surface area contributed by atoms with Gasteiger partial charge in [-0.15, -0.1) is 0 Å². The Morgan fingerprint density at radius 3 is 2.14 bits per heavy atom. The first-order valence-electron chi connectivity index (χ1n) is 2.18. The lowest BCUT2D eigenvalue weighted by Crippen LogP contribution is -2.36. The van der Waals surface area contributed by atoms with E-state index in [-0.39, 0.29) is 13.0 Å². The predicted octanol–water partition coefficient (Wildman–Crippen LogP) is -0.964. The van der Waals surface area contributed by atoms with Gasteiger partial charge in [0.15, 0.2) is 0 Å². The lowest BCUT2D eigenvalue weighted by molar-refractivity contribution is 0.0397. The van der Waals surface area contributed by atoms with Gasteiger partial charge in [-0.3, -0.25) is 0 Å². The SMILES string of the molecule is CC(N)(O)CCO. The first-order valence-corrected chi connectivity index (χ1v) is 2.18. The molecule has 0 aromatic carbocycles. The van der Waals surface area contributed by atoms with Crippen molar-refractivity contribution in [2.45, 2.75) is 19.1 Å². The van der Waals surface area contributed by atoms with Gasteiger partial charge in [-0.2, -0.15) is 0 Å². The van der Waals surface area contributed by atoms with Gasteiger partial charge in [0, 0.05) is 13.0 Å². The van der Waals surface area contributed by atoms with E-state index >= 15 is 0 Å². The highest BCUT2D eigenvalue weighted by Crippen LogP contribution is 1.95. The fourth-order valence-corrected chi connectivity index (χ4v) is 0.226. The third-order valence-electron chi connectivity index (χ3n) is 0.618. The van der Waals surface area contributed by atoms with E-state index in [1.807, 2.05) is 0 Å². The molecule has 0 saturated heterocycles. The van der Waals surface area contributed by atoms with Gasteiger partial charge in [-0.1, -0.05) is 0 Å². The Bertz CT molecular complexity index is 48.1. The Balaban J connectivity index is 3.15. The van der Waals surface area contributed by atoms with Crippen LogP contribution in [0.2, 0.25) is 0 Å². The zero-order chi connectivity index (χ0) is 5.91. The first-order chi connectivity index (χ1) is 3.06. The van der Waals surface area contributed by atoms with Crippen LogP contribution in [0.3, 0.4) is 0 Å². The molecule has 0 fully saturated rings. The van der Waals surface area contributed by atoms with E-state index in [9.17, 15) is 0 Å². The molecule has 0 heterocycles. The van der Waals surface area contributed by atoms with E-state index in [0.29, 0.717) is 0 Å². The number of aliphatic hydroxyl groups excluding tert-OH is 1. The molecule has 3 heteroatoms. The third kappa shape index (κ3) is 5.88. The van der Waals surface area contributed by atoms with Crippen LogP contribution >= 0.6 is 0 Å². The Morgan fingerprint density at radius 1 is 1.71 bits per heavy atom. The average Bonchev–Trinajstić information content (AvgIpc) is 1.30. The summed E-state index contributed by atoms with van der Waals surface area (Å²) >= 11 is 0. The second-order valence-corrected chi connectivity index (χ2v) is 1.83. The van der Waals surface area contributed by atoms with Crippen molar-refractivity contribution in [3.8, 4) is 0 Å². The second-order valence-electron chi connectivity index (χ2n) is 1.83. The molecule has 0 rings (SSSR count). The minimum absolute atomic E-state index is 0.0660. The molecule has 0 amide bonds. The van der Waals surface area contributed by atoms with Crippen molar-refractivity contribution < 1.29 is 10.2 Å². The topological polar surface area (TPSA) is 66.5 Å². The lowest BCUT2D eigenvalue weighted by Gasteiger charge is -2.13. The summed E-state index contributed by atoms with van der Waals surface area (Å²) in [5.41, 5.74) is 3.84. The molecule has 0 bridgehead atoms. The average molecular weight is 105 g/mol. The van der Waals surface area contributed by atoms with Crippen LogP contribution in [0.5, 0.6) is 0 Å². The van der Waals surface area contributed by atoms with E-state index in [4.69, 9.17) is 15.9 Å². The molecular weight excluding hydrogens is 94.0 g/mol. The number of aliphatic hydroxyl groups is 2. The molecule has 0 spiro atoms. The minimum Gasteiger partial charge on any atom is -0.396 e. The number of hydrogen-bond donors (Lipinski definition) is 3. The summed E-state index contributed by atoms with van der Waals surface area (Å²) in [7, 11) is 0. The highest BCUT2D eigenvalue weighted by atomic mass is 16.3. The van der Waals surface area contributed by atoms with Gasteiger partial charge in [0.1, 0.15) is 5.72 Å². The Kier molecular flexibility index (Phi) is 2.22. The van der Waals surface area contributed by atoms with E-state index in [0.717, 1.165) is 0 Å². The molecule has 0 aliphatic rings. The maximum Gasteiger partial charge on any atom is 0.112 e. The van der Waals surface area contributed by atoms with Gasteiger partial charge in [0.2, 0.25) is 0 Å². The van der Waals surface area contributed by atoms with Crippen molar-refractivity contribution in [2.24, 2.45) is 5.73 Å². The molecular formula is C4H11NO2. The summed E-state index contributed by atoms with van der Waals surface area (Å²) in [6.45, 7) is 1.38. The molecule has 4 N–H and O–H groups in total. The van der Waals surface area contributed by atoms with Crippen LogP contribution < -0.4 is 5.73 Å². The summed E-state index contributed by atoms with van der Waals surface area (Å²) in [6, 6.07) is 0. The van der Waals surface area contributed by atoms with E-state index in [1.165, 1.54) is 6.92 Å². The number of nitrogens with two attached hydrogens (primary N) is 1. The summed E-state index contributed by atoms with van der Waals surface area (Å²) in [5.74, 6) is 0. The molecule has 0 radical (unpaired) electrons.